The highest BCUT2D eigenvalue weighted by atomic mass is 16.5. The maximum atomic E-state index is 4.87. The van der Waals surface area contributed by atoms with Gasteiger partial charge >= 0.3 is 12.0 Å². The molecule has 0 saturated heterocycles. The van der Waals surface area contributed by atoms with E-state index >= 15 is 0 Å². The summed E-state index contributed by atoms with van der Waals surface area (Å²) in [6.45, 7) is 3.58. The van der Waals surface area contributed by atoms with E-state index in [1.54, 1.807) is 6.08 Å². The molecule has 0 radical (unpaired) electrons. The molecule has 0 aliphatic rings. The number of rotatable bonds is 4. The Kier molecular flexibility index (Phi) is 3.19. The molecule has 1 heterocycles. The first-order valence-electron chi connectivity index (χ1n) is 3.74. The van der Waals surface area contributed by atoms with Crippen LogP contribution >= 0.6 is 0 Å². The van der Waals surface area contributed by atoms with Crippen molar-refractivity contribution in [3.05, 3.63) is 18.5 Å². The van der Waals surface area contributed by atoms with Crippen LogP contribution in [0.15, 0.2) is 12.7 Å². The van der Waals surface area contributed by atoms with Gasteiger partial charge in [0, 0.05) is 6.42 Å². The molecule has 1 aromatic rings. The normalized spacial score (nSPS) is 9.38. The molecule has 0 amide bonds. The van der Waals surface area contributed by atoms with Crippen molar-refractivity contribution >= 4 is 0 Å². The van der Waals surface area contributed by atoms with E-state index in [0.717, 1.165) is 0 Å². The van der Waals surface area contributed by atoms with Crippen molar-refractivity contribution in [3.63, 3.8) is 0 Å². The maximum absolute atomic E-state index is 4.87. The van der Waals surface area contributed by atoms with Gasteiger partial charge in [-0.05, 0) is 0 Å². The summed E-state index contributed by atoms with van der Waals surface area (Å²) in [6, 6.07) is 0.507. The third-order valence-corrected chi connectivity index (χ3v) is 1.33. The Labute approximate surface area is 76.5 Å². The lowest BCUT2D eigenvalue weighted by Gasteiger charge is -2.02. The number of ether oxygens (including phenoxy) is 2. The summed E-state index contributed by atoms with van der Waals surface area (Å²) in [5.74, 6) is 0.582. The molecule has 0 bridgehead atoms. The molecule has 0 N–H and O–H groups in total. The van der Waals surface area contributed by atoms with Gasteiger partial charge in [-0.1, -0.05) is 6.08 Å². The Hall–Kier alpha value is -1.65. The van der Waals surface area contributed by atoms with E-state index in [2.05, 4.69) is 21.5 Å². The largest absolute Gasteiger partial charge is 0.467 e. The van der Waals surface area contributed by atoms with Gasteiger partial charge in [-0.3, -0.25) is 0 Å². The fourth-order valence-corrected chi connectivity index (χ4v) is 0.781. The Morgan fingerprint density at radius 1 is 1.15 bits per heavy atom. The van der Waals surface area contributed by atoms with Gasteiger partial charge in [0.05, 0.1) is 14.2 Å². The molecule has 0 aromatic carbocycles. The number of nitrogens with zero attached hydrogens (tertiary/aromatic N) is 3. The minimum atomic E-state index is 0.253. The standard InChI is InChI=1S/C8H11N3O2/c1-4-5-6-9-7(12-2)11-8(10-6)13-3/h4H,1,5H2,2-3H3. The number of allylic oxidation sites excluding steroid dienone is 1. The second-order valence-electron chi connectivity index (χ2n) is 2.22. The molecule has 0 aliphatic carbocycles. The van der Waals surface area contributed by atoms with Crippen LogP contribution in [-0.4, -0.2) is 29.2 Å². The highest BCUT2D eigenvalue weighted by Crippen LogP contribution is 2.08. The molecule has 0 spiro atoms. The van der Waals surface area contributed by atoms with Crippen molar-refractivity contribution in [3.8, 4) is 12.0 Å². The van der Waals surface area contributed by atoms with Crippen molar-refractivity contribution in [2.24, 2.45) is 0 Å². The minimum absolute atomic E-state index is 0.253. The van der Waals surface area contributed by atoms with Crippen LogP contribution in [0.2, 0.25) is 0 Å². The zero-order valence-electron chi connectivity index (χ0n) is 7.65. The third kappa shape index (κ3) is 2.40. The smallest absolute Gasteiger partial charge is 0.322 e. The molecule has 1 rings (SSSR count). The summed E-state index contributed by atoms with van der Waals surface area (Å²) in [4.78, 5) is 11.8. The van der Waals surface area contributed by atoms with Crippen molar-refractivity contribution in [1.82, 2.24) is 15.0 Å². The lowest BCUT2D eigenvalue weighted by atomic mass is 10.4. The number of hydrogen-bond acceptors (Lipinski definition) is 5. The number of hydrogen-bond donors (Lipinski definition) is 0. The molecule has 70 valence electrons. The molecule has 13 heavy (non-hydrogen) atoms. The van der Waals surface area contributed by atoms with Crippen molar-refractivity contribution in [2.45, 2.75) is 6.42 Å². The number of aromatic nitrogens is 3. The Balaban J connectivity index is 2.99. The zero-order valence-corrected chi connectivity index (χ0v) is 7.65. The predicted octanol–water partition coefficient (Wildman–Crippen LogP) is 0.617. The first-order valence-corrected chi connectivity index (χ1v) is 3.74. The quantitative estimate of drug-likeness (QED) is 0.637. The van der Waals surface area contributed by atoms with Crippen LogP contribution in [0, 0.1) is 0 Å². The van der Waals surface area contributed by atoms with Crippen molar-refractivity contribution < 1.29 is 9.47 Å². The van der Waals surface area contributed by atoms with Crippen molar-refractivity contribution in [1.29, 1.82) is 0 Å². The average Bonchev–Trinajstić information content (AvgIpc) is 2.17. The highest BCUT2D eigenvalue weighted by molar-refractivity contribution is 5.06. The van der Waals surface area contributed by atoms with Crippen LogP contribution in [0.1, 0.15) is 5.82 Å². The summed E-state index contributed by atoms with van der Waals surface area (Å²) in [7, 11) is 2.99. The summed E-state index contributed by atoms with van der Waals surface area (Å²) < 4.78 is 9.73. The number of methoxy groups -OCH3 is 2. The third-order valence-electron chi connectivity index (χ3n) is 1.33. The Bertz CT molecular complexity index is 279. The van der Waals surface area contributed by atoms with Gasteiger partial charge in [0.2, 0.25) is 0 Å². The predicted molar refractivity (Wildman–Crippen MR) is 46.8 cm³/mol. The van der Waals surface area contributed by atoms with E-state index in [0.29, 0.717) is 12.2 Å². The van der Waals surface area contributed by atoms with Crippen LogP contribution in [-0.2, 0) is 6.42 Å². The molecule has 0 unspecified atom stereocenters. The molecule has 0 saturated carbocycles. The van der Waals surface area contributed by atoms with Crippen molar-refractivity contribution in [2.75, 3.05) is 14.2 Å². The van der Waals surface area contributed by atoms with E-state index in [1.807, 2.05) is 0 Å². The zero-order chi connectivity index (χ0) is 9.68. The first-order chi connectivity index (χ1) is 6.30. The first kappa shape index (κ1) is 9.44. The van der Waals surface area contributed by atoms with Crippen LogP contribution in [0.25, 0.3) is 0 Å². The Morgan fingerprint density at radius 3 is 2.08 bits per heavy atom. The second kappa shape index (κ2) is 4.39. The van der Waals surface area contributed by atoms with Gasteiger partial charge < -0.3 is 9.47 Å². The molecule has 0 aliphatic heterocycles. The summed E-state index contributed by atoms with van der Waals surface area (Å²) in [5, 5.41) is 0. The molecule has 1 aromatic heterocycles. The summed E-state index contributed by atoms with van der Waals surface area (Å²) >= 11 is 0. The summed E-state index contributed by atoms with van der Waals surface area (Å²) in [6.07, 6.45) is 2.27. The van der Waals surface area contributed by atoms with Gasteiger partial charge in [0.1, 0.15) is 5.82 Å². The van der Waals surface area contributed by atoms with Crippen LogP contribution < -0.4 is 9.47 Å². The molecular weight excluding hydrogens is 170 g/mol. The second-order valence-corrected chi connectivity index (χ2v) is 2.22. The topological polar surface area (TPSA) is 57.1 Å². The van der Waals surface area contributed by atoms with E-state index in [1.165, 1.54) is 14.2 Å². The molecule has 0 atom stereocenters. The van der Waals surface area contributed by atoms with E-state index < -0.39 is 0 Å². The molecular formula is C8H11N3O2. The van der Waals surface area contributed by atoms with E-state index in [4.69, 9.17) is 9.47 Å². The average molecular weight is 181 g/mol. The minimum Gasteiger partial charge on any atom is -0.467 e. The fraction of sp³-hybridized carbons (Fsp3) is 0.375. The van der Waals surface area contributed by atoms with E-state index in [-0.39, 0.29) is 12.0 Å². The molecule has 5 nitrogen and oxygen atoms in total. The SMILES string of the molecule is C=CCc1nc(OC)nc(OC)n1. The van der Waals surface area contributed by atoms with Crippen LogP contribution in [0.3, 0.4) is 0 Å². The maximum Gasteiger partial charge on any atom is 0.322 e. The van der Waals surface area contributed by atoms with Crippen LogP contribution in [0.4, 0.5) is 0 Å². The van der Waals surface area contributed by atoms with Gasteiger partial charge in [0.15, 0.2) is 0 Å². The van der Waals surface area contributed by atoms with Gasteiger partial charge in [0.25, 0.3) is 0 Å². The van der Waals surface area contributed by atoms with Gasteiger partial charge in [-0.15, -0.1) is 11.6 Å². The lowest BCUT2D eigenvalue weighted by Crippen LogP contribution is -2.02. The summed E-state index contributed by atoms with van der Waals surface area (Å²) in [5.41, 5.74) is 0. The highest BCUT2D eigenvalue weighted by Gasteiger charge is 2.04. The molecule has 5 heteroatoms. The van der Waals surface area contributed by atoms with Gasteiger partial charge in [-0.2, -0.15) is 9.97 Å². The molecule has 0 fully saturated rings. The van der Waals surface area contributed by atoms with Gasteiger partial charge in [-0.25, -0.2) is 0 Å². The lowest BCUT2D eigenvalue weighted by molar-refractivity contribution is 0.337. The monoisotopic (exact) mass is 181 g/mol. The Morgan fingerprint density at radius 2 is 1.69 bits per heavy atom. The fourth-order valence-electron chi connectivity index (χ4n) is 0.781. The van der Waals surface area contributed by atoms with Crippen LogP contribution in [0.5, 0.6) is 12.0 Å². The van der Waals surface area contributed by atoms with E-state index in [9.17, 15) is 0 Å².